The van der Waals surface area contributed by atoms with E-state index in [1.165, 1.54) is 135 Å². The highest BCUT2D eigenvalue weighted by Crippen LogP contribution is 2.41. The zero-order valence-corrected chi connectivity index (χ0v) is 23.1. The summed E-state index contributed by atoms with van der Waals surface area (Å²) in [6.45, 7) is 3.63. The van der Waals surface area contributed by atoms with E-state index in [-0.39, 0.29) is 0 Å². The van der Waals surface area contributed by atoms with E-state index in [0.29, 0.717) is 13.1 Å². The third-order valence-corrected chi connectivity index (χ3v) is 8.28. The molecule has 0 aromatic carbocycles. The summed E-state index contributed by atoms with van der Waals surface area (Å²) < 4.78 is 0. The molecule has 1 rings (SSSR count). The van der Waals surface area contributed by atoms with Crippen LogP contribution in [0.25, 0.3) is 0 Å². The van der Waals surface area contributed by atoms with Crippen molar-refractivity contribution in [3.8, 4) is 0 Å². The summed E-state index contributed by atoms with van der Waals surface area (Å²) in [5.41, 5.74) is 0. The van der Waals surface area contributed by atoms with Crippen LogP contribution in [0.1, 0.15) is 155 Å². The first-order valence-corrected chi connectivity index (χ1v) is 15.4. The lowest BCUT2D eigenvalue weighted by Gasteiger charge is -2.37. The molecule has 1 aliphatic carbocycles. The zero-order valence-electron chi connectivity index (χ0n) is 23.1. The van der Waals surface area contributed by atoms with E-state index in [1.807, 2.05) is 0 Å². The zero-order chi connectivity index (χ0) is 25.2. The van der Waals surface area contributed by atoms with Crippen molar-refractivity contribution in [3.05, 3.63) is 0 Å². The van der Waals surface area contributed by atoms with Crippen molar-refractivity contribution in [2.75, 3.05) is 13.1 Å². The fourth-order valence-corrected chi connectivity index (χ4v) is 6.16. The Labute approximate surface area is 217 Å². The third-order valence-electron chi connectivity index (χ3n) is 8.28. The van der Waals surface area contributed by atoms with Gasteiger partial charge in [-0.05, 0) is 43.4 Å². The predicted octanol–water partition coefficient (Wildman–Crippen LogP) is 9.51. The first kappa shape index (κ1) is 31.8. The van der Waals surface area contributed by atoms with Crippen molar-refractivity contribution in [3.63, 3.8) is 0 Å². The maximum Gasteiger partial charge on any atom is 0.234 e. The first-order chi connectivity index (χ1) is 17.3. The second-order valence-electron chi connectivity index (χ2n) is 11.2. The normalized spacial score (nSPS) is 19.7. The number of unbranched alkanes of at least 4 members (excludes halogenated alkanes) is 14. The maximum absolute atomic E-state index is 10.1. The highest BCUT2D eigenvalue weighted by molar-refractivity contribution is 5.32. The molecule has 202 valence electrons. The van der Waals surface area contributed by atoms with Gasteiger partial charge < -0.3 is 0 Å². The Balaban J connectivity index is 2.22. The van der Waals surface area contributed by atoms with E-state index < -0.39 is 0 Å². The molecule has 0 saturated heterocycles. The van der Waals surface area contributed by atoms with Gasteiger partial charge in [0.1, 0.15) is 0 Å². The number of nitrogens with zero attached hydrogens (tertiary/aromatic N) is 2. The van der Waals surface area contributed by atoms with Gasteiger partial charge in [0.05, 0.1) is 13.1 Å². The molecule has 0 radical (unpaired) electrons. The van der Waals surface area contributed by atoms with Crippen LogP contribution in [0.15, 0.2) is 9.98 Å². The maximum atomic E-state index is 10.1. The lowest BCUT2D eigenvalue weighted by atomic mass is 9.69. The Morgan fingerprint density at radius 3 is 1.51 bits per heavy atom. The summed E-state index contributed by atoms with van der Waals surface area (Å²) in [6.07, 6.45) is 34.4. The van der Waals surface area contributed by atoms with Crippen molar-refractivity contribution in [2.45, 2.75) is 155 Å². The van der Waals surface area contributed by atoms with Crippen LogP contribution in [0.2, 0.25) is 0 Å². The van der Waals surface area contributed by atoms with Gasteiger partial charge >= 0.3 is 0 Å². The van der Waals surface area contributed by atoms with Crippen molar-refractivity contribution in [2.24, 2.45) is 27.7 Å². The second kappa shape index (κ2) is 24.5. The van der Waals surface area contributed by atoms with Crippen LogP contribution < -0.4 is 0 Å². The van der Waals surface area contributed by atoms with Gasteiger partial charge in [0.25, 0.3) is 0 Å². The minimum atomic E-state index is 0.657. The number of isocyanates is 2. The largest absolute Gasteiger partial charge is 0.234 e. The molecule has 1 saturated carbocycles. The summed E-state index contributed by atoms with van der Waals surface area (Å²) >= 11 is 0. The Hall–Kier alpha value is -1.24. The summed E-state index contributed by atoms with van der Waals surface area (Å²) in [7, 11) is 0. The number of rotatable bonds is 24. The molecule has 1 fully saturated rings. The van der Waals surface area contributed by atoms with Gasteiger partial charge in [-0.1, -0.05) is 129 Å². The van der Waals surface area contributed by atoms with E-state index in [2.05, 4.69) is 16.9 Å². The molecule has 0 amide bonds. The van der Waals surface area contributed by atoms with Crippen molar-refractivity contribution < 1.29 is 9.59 Å². The number of aliphatic imine (C=N–C) groups is 2. The van der Waals surface area contributed by atoms with E-state index >= 15 is 0 Å². The molecule has 0 bridgehead atoms. The lowest BCUT2D eigenvalue weighted by molar-refractivity contribution is 0.147. The molecule has 1 aliphatic rings. The van der Waals surface area contributed by atoms with E-state index in [0.717, 1.165) is 30.6 Å². The van der Waals surface area contributed by atoms with Gasteiger partial charge in [-0.25, -0.2) is 19.6 Å². The molecule has 4 nitrogen and oxygen atoms in total. The molecule has 0 N–H and O–H groups in total. The van der Waals surface area contributed by atoms with Crippen LogP contribution in [-0.4, -0.2) is 25.2 Å². The number of carbonyl (C=O) groups excluding carboxylic acids is 2. The molecule has 0 aliphatic heterocycles. The predicted molar refractivity (Wildman–Crippen MR) is 148 cm³/mol. The van der Waals surface area contributed by atoms with Crippen LogP contribution in [0.3, 0.4) is 0 Å². The van der Waals surface area contributed by atoms with Crippen LogP contribution in [0.5, 0.6) is 0 Å². The van der Waals surface area contributed by atoms with Crippen molar-refractivity contribution in [1.29, 1.82) is 0 Å². The molecule has 4 heteroatoms. The molecule has 0 aromatic rings. The van der Waals surface area contributed by atoms with Gasteiger partial charge in [0.2, 0.25) is 12.2 Å². The minimum absolute atomic E-state index is 0.657. The molecular formula is C31H56N2O2. The molecular weight excluding hydrogens is 432 g/mol. The highest BCUT2D eigenvalue weighted by atomic mass is 16.1. The topological polar surface area (TPSA) is 58.9 Å². The minimum Gasteiger partial charge on any atom is -0.211 e. The van der Waals surface area contributed by atoms with Gasteiger partial charge in [0.15, 0.2) is 0 Å². The average Bonchev–Trinajstić information content (AvgIpc) is 2.87. The molecule has 3 unspecified atom stereocenters. The SMILES string of the molecule is CCCCCC1CCC(CCCCCCCCCN=C=O)C(CCCCCCCCCN=C=O)C1. The van der Waals surface area contributed by atoms with Crippen LogP contribution >= 0.6 is 0 Å². The van der Waals surface area contributed by atoms with Gasteiger partial charge in [-0.3, -0.25) is 0 Å². The quantitative estimate of drug-likeness (QED) is 0.0771. The lowest BCUT2D eigenvalue weighted by Crippen LogP contribution is -2.25. The molecule has 0 aromatic heterocycles. The van der Waals surface area contributed by atoms with Gasteiger partial charge in [0, 0.05) is 0 Å². The Morgan fingerprint density at radius 2 is 1.00 bits per heavy atom. The third kappa shape index (κ3) is 18.7. The van der Waals surface area contributed by atoms with Crippen molar-refractivity contribution >= 4 is 12.2 Å². The highest BCUT2D eigenvalue weighted by Gasteiger charge is 2.29. The Bertz CT molecular complexity index is 566. The van der Waals surface area contributed by atoms with Crippen LogP contribution in [-0.2, 0) is 9.59 Å². The standard InChI is InChI=1S/C31H56N2O2/c1-2-3-14-19-29-22-23-30(20-15-10-6-4-8-12-17-24-32-27-34)31(26-29)21-16-11-7-5-9-13-18-25-33-28-35/h29-31H,2-26H2,1H3. The fourth-order valence-electron chi connectivity index (χ4n) is 6.16. The molecule has 35 heavy (non-hydrogen) atoms. The van der Waals surface area contributed by atoms with Gasteiger partial charge in [-0.15, -0.1) is 0 Å². The Morgan fingerprint density at radius 1 is 0.543 bits per heavy atom. The number of hydrogen-bond acceptors (Lipinski definition) is 4. The molecule has 3 atom stereocenters. The molecule has 0 heterocycles. The van der Waals surface area contributed by atoms with Gasteiger partial charge in [-0.2, -0.15) is 0 Å². The van der Waals surface area contributed by atoms with Crippen LogP contribution in [0.4, 0.5) is 0 Å². The second-order valence-corrected chi connectivity index (χ2v) is 11.2. The van der Waals surface area contributed by atoms with E-state index in [1.54, 1.807) is 12.2 Å². The van der Waals surface area contributed by atoms with Crippen molar-refractivity contribution in [1.82, 2.24) is 0 Å². The van der Waals surface area contributed by atoms with E-state index in [4.69, 9.17) is 0 Å². The summed E-state index contributed by atoms with van der Waals surface area (Å²) in [5.74, 6) is 2.97. The smallest absolute Gasteiger partial charge is 0.211 e. The summed E-state index contributed by atoms with van der Waals surface area (Å²) in [6, 6.07) is 0. The summed E-state index contributed by atoms with van der Waals surface area (Å²) in [4.78, 5) is 27.5. The molecule has 0 spiro atoms. The Kier molecular flexibility index (Phi) is 22.2. The number of hydrogen-bond donors (Lipinski definition) is 0. The van der Waals surface area contributed by atoms with Crippen LogP contribution in [0, 0.1) is 17.8 Å². The monoisotopic (exact) mass is 488 g/mol. The summed E-state index contributed by atoms with van der Waals surface area (Å²) in [5, 5.41) is 0. The first-order valence-electron chi connectivity index (χ1n) is 15.4. The van der Waals surface area contributed by atoms with E-state index in [9.17, 15) is 9.59 Å². The fraction of sp³-hybridized carbons (Fsp3) is 0.935. The average molecular weight is 489 g/mol.